The van der Waals surface area contributed by atoms with Crippen LogP contribution in [0.4, 0.5) is 0 Å². The van der Waals surface area contributed by atoms with Crippen LogP contribution >= 0.6 is 0 Å². The van der Waals surface area contributed by atoms with Crippen LogP contribution in [0.15, 0.2) is 30.5 Å². The fourth-order valence-electron chi connectivity index (χ4n) is 1.87. The van der Waals surface area contributed by atoms with Crippen molar-refractivity contribution in [3.8, 4) is 0 Å². The summed E-state index contributed by atoms with van der Waals surface area (Å²) >= 11 is 0. The summed E-state index contributed by atoms with van der Waals surface area (Å²) in [6, 6.07) is 6.64. The molecule has 2 aromatic rings. The number of rotatable bonds is 4. The third-order valence-electron chi connectivity index (χ3n) is 2.90. The molecule has 6 nitrogen and oxygen atoms in total. The monoisotopic (exact) mass is 274 g/mol. The van der Waals surface area contributed by atoms with Crippen LogP contribution in [0.3, 0.4) is 0 Å². The SMILES string of the molecule is COC(=O)c1cn(Cc2cccc(C(=O)O)c2)c(C)n1. The van der Waals surface area contributed by atoms with Gasteiger partial charge < -0.3 is 14.4 Å². The summed E-state index contributed by atoms with van der Waals surface area (Å²) in [7, 11) is 1.30. The first-order valence-corrected chi connectivity index (χ1v) is 5.95. The van der Waals surface area contributed by atoms with Crippen molar-refractivity contribution in [3.63, 3.8) is 0 Å². The second-order valence-corrected chi connectivity index (χ2v) is 4.30. The smallest absolute Gasteiger partial charge is 0.358 e. The Morgan fingerprint density at radius 1 is 1.40 bits per heavy atom. The zero-order chi connectivity index (χ0) is 14.7. The van der Waals surface area contributed by atoms with Gasteiger partial charge in [-0.2, -0.15) is 0 Å². The molecule has 0 aliphatic heterocycles. The lowest BCUT2D eigenvalue weighted by Gasteiger charge is -2.05. The number of benzene rings is 1. The van der Waals surface area contributed by atoms with Gasteiger partial charge >= 0.3 is 11.9 Å². The average Bonchev–Trinajstić information content (AvgIpc) is 2.79. The molecule has 0 aliphatic carbocycles. The average molecular weight is 274 g/mol. The maximum absolute atomic E-state index is 11.4. The number of aryl methyl sites for hydroxylation is 1. The first-order valence-electron chi connectivity index (χ1n) is 5.95. The summed E-state index contributed by atoms with van der Waals surface area (Å²) in [6.07, 6.45) is 1.59. The fraction of sp³-hybridized carbons (Fsp3) is 0.214. The Kier molecular flexibility index (Phi) is 3.84. The Hall–Kier alpha value is -2.63. The molecule has 6 heteroatoms. The number of aromatic nitrogens is 2. The van der Waals surface area contributed by atoms with Crippen LogP contribution in [0.25, 0.3) is 0 Å². The number of hydrogen-bond acceptors (Lipinski definition) is 4. The summed E-state index contributed by atoms with van der Waals surface area (Å²) < 4.78 is 6.38. The second-order valence-electron chi connectivity index (χ2n) is 4.30. The van der Waals surface area contributed by atoms with Crippen LogP contribution < -0.4 is 0 Å². The van der Waals surface area contributed by atoms with Crippen LogP contribution in [-0.4, -0.2) is 33.7 Å². The molecule has 0 amide bonds. The molecule has 0 fully saturated rings. The number of carbonyl (C=O) groups is 2. The molecule has 20 heavy (non-hydrogen) atoms. The van der Waals surface area contributed by atoms with E-state index in [1.165, 1.54) is 13.2 Å². The van der Waals surface area contributed by atoms with E-state index in [2.05, 4.69) is 9.72 Å². The van der Waals surface area contributed by atoms with Gasteiger partial charge in [-0.05, 0) is 24.6 Å². The van der Waals surface area contributed by atoms with Crippen LogP contribution in [-0.2, 0) is 11.3 Å². The number of imidazole rings is 1. The van der Waals surface area contributed by atoms with Crippen LogP contribution in [0.2, 0.25) is 0 Å². The third-order valence-corrected chi connectivity index (χ3v) is 2.90. The maximum atomic E-state index is 11.4. The van der Waals surface area contributed by atoms with Crippen molar-refractivity contribution in [3.05, 3.63) is 53.1 Å². The van der Waals surface area contributed by atoms with Gasteiger partial charge in [-0.1, -0.05) is 12.1 Å². The normalized spacial score (nSPS) is 10.3. The predicted octanol–water partition coefficient (Wildman–Crippen LogP) is 1.72. The summed E-state index contributed by atoms with van der Waals surface area (Å²) in [5.74, 6) is -0.804. The topological polar surface area (TPSA) is 81.4 Å². The Balaban J connectivity index is 2.26. The number of carboxylic acid groups (broad SMARTS) is 1. The van der Waals surface area contributed by atoms with Crippen molar-refractivity contribution >= 4 is 11.9 Å². The maximum Gasteiger partial charge on any atom is 0.358 e. The minimum Gasteiger partial charge on any atom is -0.478 e. The molecule has 1 aromatic heterocycles. The van der Waals surface area contributed by atoms with E-state index in [9.17, 15) is 9.59 Å². The number of hydrogen-bond donors (Lipinski definition) is 1. The van der Waals surface area contributed by atoms with Crippen LogP contribution in [0.1, 0.15) is 32.2 Å². The second kappa shape index (κ2) is 5.56. The highest BCUT2D eigenvalue weighted by molar-refractivity contribution is 5.88. The lowest BCUT2D eigenvalue weighted by Crippen LogP contribution is -2.03. The van der Waals surface area contributed by atoms with Gasteiger partial charge in [-0.25, -0.2) is 14.6 Å². The molecule has 0 bridgehead atoms. The van der Waals surface area contributed by atoms with E-state index < -0.39 is 11.9 Å². The van der Waals surface area contributed by atoms with E-state index in [-0.39, 0.29) is 11.3 Å². The molecule has 0 atom stereocenters. The van der Waals surface area contributed by atoms with Gasteiger partial charge in [0.2, 0.25) is 0 Å². The molecule has 1 aromatic carbocycles. The molecule has 0 radical (unpaired) electrons. The highest BCUT2D eigenvalue weighted by Gasteiger charge is 2.12. The minimum absolute atomic E-state index is 0.230. The van der Waals surface area contributed by atoms with E-state index in [0.29, 0.717) is 12.4 Å². The van der Waals surface area contributed by atoms with Gasteiger partial charge in [-0.15, -0.1) is 0 Å². The molecule has 0 unspecified atom stereocenters. The molecule has 0 saturated heterocycles. The Morgan fingerprint density at radius 2 is 2.15 bits per heavy atom. The van der Waals surface area contributed by atoms with Gasteiger partial charge in [0.05, 0.1) is 12.7 Å². The van der Waals surface area contributed by atoms with Crippen molar-refractivity contribution in [2.24, 2.45) is 0 Å². The minimum atomic E-state index is -0.968. The first kappa shape index (κ1) is 13.8. The lowest BCUT2D eigenvalue weighted by molar-refractivity contribution is 0.0593. The van der Waals surface area contributed by atoms with E-state index >= 15 is 0 Å². The highest BCUT2D eigenvalue weighted by atomic mass is 16.5. The van der Waals surface area contributed by atoms with Gasteiger partial charge in [0.15, 0.2) is 5.69 Å². The van der Waals surface area contributed by atoms with E-state index in [1.54, 1.807) is 29.8 Å². The molecule has 1 heterocycles. The van der Waals surface area contributed by atoms with Gasteiger partial charge in [0.25, 0.3) is 0 Å². The molecule has 0 aliphatic rings. The zero-order valence-electron chi connectivity index (χ0n) is 11.2. The zero-order valence-corrected chi connectivity index (χ0v) is 11.2. The third kappa shape index (κ3) is 2.85. The molecule has 104 valence electrons. The van der Waals surface area contributed by atoms with Crippen molar-refractivity contribution in [1.29, 1.82) is 0 Å². The Labute approximate surface area is 115 Å². The van der Waals surface area contributed by atoms with Crippen molar-refractivity contribution in [2.45, 2.75) is 13.5 Å². The number of carboxylic acids is 1. The van der Waals surface area contributed by atoms with Crippen molar-refractivity contribution < 1.29 is 19.4 Å². The van der Waals surface area contributed by atoms with Crippen molar-refractivity contribution in [1.82, 2.24) is 9.55 Å². The van der Waals surface area contributed by atoms with Gasteiger partial charge in [-0.3, -0.25) is 0 Å². The molecule has 1 N–H and O–H groups in total. The molecule has 0 spiro atoms. The Bertz CT molecular complexity index is 661. The predicted molar refractivity (Wildman–Crippen MR) is 70.8 cm³/mol. The summed E-state index contributed by atoms with van der Waals surface area (Å²) in [6.45, 7) is 2.21. The summed E-state index contributed by atoms with van der Waals surface area (Å²) in [5.41, 5.74) is 1.29. The van der Waals surface area contributed by atoms with Gasteiger partial charge in [0, 0.05) is 12.7 Å². The Morgan fingerprint density at radius 3 is 2.80 bits per heavy atom. The van der Waals surface area contributed by atoms with Crippen LogP contribution in [0.5, 0.6) is 0 Å². The molecule has 2 rings (SSSR count). The number of ether oxygens (including phenoxy) is 1. The van der Waals surface area contributed by atoms with E-state index in [0.717, 1.165) is 5.56 Å². The summed E-state index contributed by atoms with van der Waals surface area (Å²) in [5, 5.41) is 8.96. The molecular formula is C14H14N2O4. The highest BCUT2D eigenvalue weighted by Crippen LogP contribution is 2.11. The summed E-state index contributed by atoms with van der Waals surface area (Å²) in [4.78, 5) is 26.4. The standard InChI is InChI=1S/C14H14N2O4/c1-9-15-12(14(19)20-2)8-16(9)7-10-4-3-5-11(6-10)13(17)18/h3-6,8H,7H2,1-2H3,(H,17,18). The quantitative estimate of drug-likeness (QED) is 0.858. The molecular weight excluding hydrogens is 260 g/mol. The number of nitrogens with zero attached hydrogens (tertiary/aromatic N) is 2. The number of methoxy groups -OCH3 is 1. The largest absolute Gasteiger partial charge is 0.478 e. The lowest BCUT2D eigenvalue weighted by atomic mass is 10.1. The van der Waals surface area contributed by atoms with Crippen molar-refractivity contribution in [2.75, 3.05) is 7.11 Å². The number of esters is 1. The van der Waals surface area contributed by atoms with Crippen LogP contribution in [0, 0.1) is 6.92 Å². The number of carbonyl (C=O) groups excluding carboxylic acids is 1. The fourth-order valence-corrected chi connectivity index (χ4v) is 1.87. The van der Waals surface area contributed by atoms with E-state index in [1.807, 2.05) is 6.07 Å². The number of aromatic carboxylic acids is 1. The van der Waals surface area contributed by atoms with Gasteiger partial charge in [0.1, 0.15) is 5.82 Å². The molecule has 0 saturated carbocycles. The first-order chi connectivity index (χ1) is 9.51. The van der Waals surface area contributed by atoms with E-state index in [4.69, 9.17) is 5.11 Å².